The van der Waals surface area contributed by atoms with Gasteiger partial charge in [0, 0.05) is 30.6 Å². The Balaban J connectivity index is 1.75. The number of nitrogens with zero attached hydrogens (tertiary/aromatic N) is 1. The topological polar surface area (TPSA) is 20.3 Å². The second-order valence-electron chi connectivity index (χ2n) is 9.33. The molecule has 0 unspecified atom stereocenters. The first-order valence-corrected chi connectivity index (χ1v) is 14.4. The molecule has 32 heavy (non-hydrogen) atoms. The van der Waals surface area contributed by atoms with Gasteiger partial charge in [-0.3, -0.25) is 4.79 Å². The Bertz CT molecular complexity index is 1160. The molecule has 2 nitrogen and oxygen atoms in total. The van der Waals surface area contributed by atoms with Crippen LogP contribution in [0.15, 0.2) is 72.8 Å². The van der Waals surface area contributed by atoms with Crippen molar-refractivity contribution in [3.05, 3.63) is 89.5 Å². The van der Waals surface area contributed by atoms with E-state index in [1.807, 2.05) is 0 Å². The number of carbonyl (C=O) groups is 1. The van der Waals surface area contributed by atoms with Crippen LogP contribution in [0.3, 0.4) is 0 Å². The molecule has 1 aliphatic heterocycles. The lowest BCUT2D eigenvalue weighted by Crippen LogP contribution is -2.45. The van der Waals surface area contributed by atoms with Crippen LogP contribution in [0.5, 0.6) is 0 Å². The van der Waals surface area contributed by atoms with E-state index in [0.717, 1.165) is 24.9 Å². The zero-order valence-electron chi connectivity index (χ0n) is 19.0. The molecule has 0 bridgehead atoms. The van der Waals surface area contributed by atoms with Crippen molar-refractivity contribution in [1.82, 2.24) is 0 Å². The van der Waals surface area contributed by atoms with Crippen molar-refractivity contribution in [3.63, 3.8) is 0 Å². The van der Waals surface area contributed by atoms with Gasteiger partial charge in [-0.25, -0.2) is 0 Å². The number of aryl methyl sites for hydroxylation is 2. The second-order valence-corrected chi connectivity index (χ2v) is 14.1. The Morgan fingerprint density at radius 3 is 2.09 bits per heavy atom. The van der Waals surface area contributed by atoms with Crippen molar-refractivity contribution < 1.29 is 4.79 Å². The third-order valence-corrected chi connectivity index (χ3v) is 13.0. The number of benzene rings is 3. The molecule has 1 heterocycles. The van der Waals surface area contributed by atoms with Gasteiger partial charge in [-0.05, 0) is 48.4 Å². The molecule has 5 rings (SSSR count). The van der Waals surface area contributed by atoms with Gasteiger partial charge >= 0.3 is 0 Å². The van der Waals surface area contributed by atoms with E-state index in [0.29, 0.717) is 5.66 Å². The molecule has 3 aromatic carbocycles. The number of rotatable bonds is 3. The molecule has 1 aliphatic carbocycles. The summed E-state index contributed by atoms with van der Waals surface area (Å²) in [7, 11) is 0. The molecule has 4 heteroatoms. The Kier molecular flexibility index (Phi) is 5.60. The fraction of sp³-hybridized carbons (Fsp3) is 0.321. The van der Waals surface area contributed by atoms with Gasteiger partial charge in [0.15, 0.2) is 0 Å². The molecule has 0 aromatic heterocycles. The number of carbonyl (C=O) groups excluding carboxylic acids is 1. The lowest BCUT2D eigenvalue weighted by atomic mass is 9.81. The average molecular weight is 460 g/mol. The standard InChI is InChI=1S/C28H30NOPS/c1-19-17-20(2)28-24(18-19)27-25(29(28)21(3)30)15-10-16-26(27)31(32,22-11-6-4-7-12-22)23-13-8-5-9-14-23/h4-9,11-14,17-18,25-27H,10,15-16H2,1-3H3/t25-,26-,27-/m1/s1. The van der Waals surface area contributed by atoms with E-state index in [4.69, 9.17) is 11.8 Å². The van der Waals surface area contributed by atoms with Crippen LogP contribution in [0, 0.1) is 13.8 Å². The highest BCUT2D eigenvalue weighted by molar-refractivity contribution is 8.22. The summed E-state index contributed by atoms with van der Waals surface area (Å²) in [6.07, 6.45) is 3.27. The molecule has 0 saturated heterocycles. The van der Waals surface area contributed by atoms with Crippen molar-refractivity contribution in [3.8, 4) is 0 Å². The predicted molar refractivity (Wildman–Crippen MR) is 140 cm³/mol. The van der Waals surface area contributed by atoms with Crippen LogP contribution in [-0.2, 0) is 16.6 Å². The van der Waals surface area contributed by atoms with E-state index in [-0.39, 0.29) is 17.9 Å². The minimum absolute atomic E-state index is 0.152. The van der Waals surface area contributed by atoms with E-state index < -0.39 is 6.04 Å². The normalized spacial score (nSPS) is 22.3. The summed E-state index contributed by atoms with van der Waals surface area (Å²) in [5.74, 6) is 0.437. The second kappa shape index (κ2) is 8.28. The highest BCUT2D eigenvalue weighted by atomic mass is 32.4. The molecule has 0 N–H and O–H groups in total. The van der Waals surface area contributed by atoms with Crippen molar-refractivity contribution in [2.45, 2.75) is 57.7 Å². The van der Waals surface area contributed by atoms with Crippen LogP contribution in [0.4, 0.5) is 5.69 Å². The smallest absolute Gasteiger partial charge is 0.224 e. The molecular formula is C28H30NOPS. The molecule has 1 saturated carbocycles. The van der Waals surface area contributed by atoms with Crippen LogP contribution >= 0.6 is 6.04 Å². The average Bonchev–Trinajstić information content (AvgIpc) is 3.15. The molecule has 164 valence electrons. The van der Waals surface area contributed by atoms with Crippen molar-refractivity contribution in [2.75, 3.05) is 4.90 Å². The molecule has 0 spiro atoms. The summed E-state index contributed by atoms with van der Waals surface area (Å²) in [6, 6.07) is 24.2. The van der Waals surface area contributed by atoms with E-state index in [2.05, 4.69) is 91.5 Å². The van der Waals surface area contributed by atoms with Gasteiger partial charge in [-0.15, -0.1) is 0 Å². The molecule has 1 fully saturated rings. The van der Waals surface area contributed by atoms with Crippen LogP contribution in [0.1, 0.15) is 48.8 Å². The summed E-state index contributed by atoms with van der Waals surface area (Å²) in [6.45, 7) is 6.04. The fourth-order valence-corrected chi connectivity index (χ4v) is 11.3. The molecule has 1 amide bonds. The summed E-state index contributed by atoms with van der Waals surface area (Å²) >= 11 is 6.79. The zero-order chi connectivity index (χ0) is 22.5. The van der Waals surface area contributed by atoms with Crippen LogP contribution in [0.2, 0.25) is 0 Å². The number of hydrogen-bond acceptors (Lipinski definition) is 2. The van der Waals surface area contributed by atoms with Crippen molar-refractivity contribution in [1.29, 1.82) is 0 Å². The number of anilines is 1. The van der Waals surface area contributed by atoms with Crippen LogP contribution in [0.25, 0.3) is 0 Å². The lowest BCUT2D eigenvalue weighted by Gasteiger charge is -2.43. The van der Waals surface area contributed by atoms with E-state index in [1.54, 1.807) is 6.92 Å². The molecular weight excluding hydrogens is 429 g/mol. The maximum absolute atomic E-state index is 12.9. The van der Waals surface area contributed by atoms with Gasteiger partial charge in [-0.1, -0.05) is 96.6 Å². The van der Waals surface area contributed by atoms with Crippen LogP contribution < -0.4 is 15.5 Å². The Morgan fingerprint density at radius 1 is 0.938 bits per heavy atom. The third-order valence-electron chi connectivity index (χ3n) is 7.32. The van der Waals surface area contributed by atoms with Crippen molar-refractivity contribution >= 4 is 40.0 Å². The minimum Gasteiger partial charge on any atom is -0.308 e. The molecule has 3 atom stereocenters. The first kappa shape index (κ1) is 21.6. The van der Waals surface area contributed by atoms with Gasteiger partial charge in [0.1, 0.15) is 0 Å². The third kappa shape index (κ3) is 3.29. The van der Waals surface area contributed by atoms with E-state index >= 15 is 0 Å². The van der Waals surface area contributed by atoms with Gasteiger partial charge in [0.25, 0.3) is 0 Å². The van der Waals surface area contributed by atoms with Crippen LogP contribution in [-0.4, -0.2) is 17.6 Å². The Labute approximate surface area is 196 Å². The van der Waals surface area contributed by atoms with Gasteiger partial charge in [-0.2, -0.15) is 0 Å². The minimum atomic E-state index is -2.12. The van der Waals surface area contributed by atoms with Gasteiger partial charge in [0.05, 0.1) is 5.69 Å². The number of hydrogen-bond donors (Lipinski definition) is 0. The largest absolute Gasteiger partial charge is 0.308 e. The number of fused-ring (bicyclic) bond motifs is 3. The monoisotopic (exact) mass is 459 g/mol. The van der Waals surface area contributed by atoms with E-state index in [9.17, 15) is 4.79 Å². The summed E-state index contributed by atoms with van der Waals surface area (Å²) in [5, 5.41) is 2.58. The quantitative estimate of drug-likeness (QED) is 0.461. The first-order valence-electron chi connectivity index (χ1n) is 11.5. The van der Waals surface area contributed by atoms with Gasteiger partial charge in [0.2, 0.25) is 5.91 Å². The van der Waals surface area contributed by atoms with Gasteiger partial charge < -0.3 is 4.90 Å². The maximum Gasteiger partial charge on any atom is 0.224 e. The van der Waals surface area contributed by atoms with E-state index in [1.165, 1.54) is 27.3 Å². The Morgan fingerprint density at radius 2 is 1.53 bits per heavy atom. The summed E-state index contributed by atoms with van der Waals surface area (Å²) in [4.78, 5) is 15.0. The molecule has 2 aliphatic rings. The Hall–Kier alpha value is -2.22. The highest BCUT2D eigenvalue weighted by Crippen LogP contribution is 2.62. The SMILES string of the molecule is CC(=O)N1c2c(C)cc(C)cc2[C@@H]2[C@H]1CCC[C@H]2P(=S)(c1ccccc1)c1ccccc1. The highest BCUT2D eigenvalue weighted by Gasteiger charge is 2.51. The maximum atomic E-state index is 12.9. The molecule has 3 aromatic rings. The summed E-state index contributed by atoms with van der Waals surface area (Å²) < 4.78 is 0. The lowest BCUT2D eigenvalue weighted by molar-refractivity contribution is -0.117. The number of amides is 1. The zero-order valence-corrected chi connectivity index (χ0v) is 20.7. The fourth-order valence-electron chi connectivity index (χ4n) is 6.23. The first-order chi connectivity index (χ1) is 15.4. The predicted octanol–water partition coefficient (Wildman–Crippen LogP) is 5.81. The molecule has 0 radical (unpaired) electrons. The van der Waals surface area contributed by atoms with Crippen molar-refractivity contribution in [2.24, 2.45) is 0 Å². The summed E-state index contributed by atoms with van der Waals surface area (Å²) in [5.41, 5.74) is 5.30.